The molecule has 4 heteroatoms. The molecule has 0 aromatic heterocycles. The van der Waals surface area contributed by atoms with Gasteiger partial charge >= 0.3 is 0 Å². The van der Waals surface area contributed by atoms with Crippen LogP contribution in [0.2, 0.25) is 0 Å². The van der Waals surface area contributed by atoms with Crippen molar-refractivity contribution in [2.45, 2.75) is 25.9 Å². The number of nitrogens with one attached hydrogen (secondary N) is 1. The number of amides is 1. The highest BCUT2D eigenvalue weighted by Gasteiger charge is 2.14. The molecule has 1 heterocycles. The Balaban J connectivity index is 1.41. The van der Waals surface area contributed by atoms with Crippen LogP contribution < -0.4 is 10.1 Å². The van der Waals surface area contributed by atoms with Crippen LogP contribution in [0.5, 0.6) is 5.75 Å². The Hall–Kier alpha value is -2.85. The number of fused-ring (bicyclic) bond motifs is 1. The van der Waals surface area contributed by atoms with Crippen molar-refractivity contribution in [1.29, 1.82) is 0 Å². The molecule has 1 fully saturated rings. The molecule has 4 nitrogen and oxygen atoms in total. The lowest BCUT2D eigenvalue weighted by Crippen LogP contribution is -2.23. The molecule has 4 rings (SSSR count). The van der Waals surface area contributed by atoms with E-state index in [0.29, 0.717) is 17.9 Å². The van der Waals surface area contributed by atoms with Gasteiger partial charge in [0.2, 0.25) is 0 Å². The largest absolute Gasteiger partial charge is 0.496 e. The molecule has 28 heavy (non-hydrogen) atoms. The third-order valence-corrected chi connectivity index (χ3v) is 5.39. The summed E-state index contributed by atoms with van der Waals surface area (Å²) in [5.41, 5.74) is 2.98. The zero-order chi connectivity index (χ0) is 19.3. The minimum absolute atomic E-state index is 0.122. The topological polar surface area (TPSA) is 41.6 Å². The van der Waals surface area contributed by atoms with Gasteiger partial charge in [-0.25, -0.2) is 0 Å². The van der Waals surface area contributed by atoms with Gasteiger partial charge in [-0.1, -0.05) is 48.5 Å². The molecule has 144 valence electrons. The van der Waals surface area contributed by atoms with E-state index in [4.69, 9.17) is 4.74 Å². The molecule has 0 saturated carbocycles. The van der Waals surface area contributed by atoms with E-state index in [1.54, 1.807) is 7.11 Å². The summed E-state index contributed by atoms with van der Waals surface area (Å²) in [6, 6.07) is 20.3. The normalized spacial score (nSPS) is 14.3. The average Bonchev–Trinajstić information content (AvgIpc) is 3.25. The van der Waals surface area contributed by atoms with Gasteiger partial charge in [-0.2, -0.15) is 0 Å². The molecule has 3 aromatic carbocycles. The minimum Gasteiger partial charge on any atom is -0.496 e. The van der Waals surface area contributed by atoms with Crippen molar-refractivity contribution in [3.8, 4) is 5.75 Å². The molecule has 0 spiro atoms. The maximum atomic E-state index is 12.7. The first-order valence-electron chi connectivity index (χ1n) is 9.88. The molecule has 0 aliphatic carbocycles. The minimum atomic E-state index is -0.122. The predicted molar refractivity (Wildman–Crippen MR) is 113 cm³/mol. The molecule has 0 unspecified atom stereocenters. The van der Waals surface area contributed by atoms with E-state index in [0.717, 1.165) is 22.9 Å². The second kappa shape index (κ2) is 8.44. The molecule has 1 N–H and O–H groups in total. The Morgan fingerprint density at radius 3 is 2.29 bits per heavy atom. The second-order valence-electron chi connectivity index (χ2n) is 7.38. The van der Waals surface area contributed by atoms with Crippen molar-refractivity contribution >= 4 is 16.7 Å². The van der Waals surface area contributed by atoms with Crippen LogP contribution in [0.15, 0.2) is 60.7 Å². The van der Waals surface area contributed by atoms with E-state index in [1.165, 1.54) is 31.5 Å². The van der Waals surface area contributed by atoms with Gasteiger partial charge in [0.25, 0.3) is 5.91 Å². The Kier molecular flexibility index (Phi) is 5.58. The number of benzene rings is 3. The van der Waals surface area contributed by atoms with Crippen LogP contribution in [-0.4, -0.2) is 31.0 Å². The highest BCUT2D eigenvalue weighted by molar-refractivity contribution is 6.01. The van der Waals surface area contributed by atoms with Gasteiger partial charge in [0.15, 0.2) is 0 Å². The smallest absolute Gasteiger partial charge is 0.255 e. The number of carbonyl (C=O) groups is 1. The van der Waals surface area contributed by atoms with Crippen LogP contribution >= 0.6 is 0 Å². The molecule has 1 aliphatic heterocycles. The molecular weight excluding hydrogens is 348 g/mol. The Bertz CT molecular complexity index is 960. The van der Waals surface area contributed by atoms with Gasteiger partial charge < -0.3 is 10.1 Å². The molecule has 0 bridgehead atoms. The number of hydrogen-bond donors (Lipinski definition) is 1. The zero-order valence-corrected chi connectivity index (χ0v) is 16.3. The summed E-state index contributed by atoms with van der Waals surface area (Å²) in [6.07, 6.45) is 2.62. The van der Waals surface area contributed by atoms with Gasteiger partial charge in [0.05, 0.1) is 12.7 Å². The van der Waals surface area contributed by atoms with Crippen molar-refractivity contribution in [1.82, 2.24) is 10.2 Å². The molecule has 0 atom stereocenters. The van der Waals surface area contributed by atoms with E-state index in [9.17, 15) is 4.79 Å². The second-order valence-corrected chi connectivity index (χ2v) is 7.38. The number of nitrogens with zero attached hydrogens (tertiary/aromatic N) is 1. The molecule has 0 radical (unpaired) electrons. The van der Waals surface area contributed by atoms with Crippen LogP contribution in [-0.2, 0) is 13.1 Å². The fourth-order valence-electron chi connectivity index (χ4n) is 3.80. The number of hydrogen-bond acceptors (Lipinski definition) is 3. The lowest BCUT2D eigenvalue weighted by atomic mass is 10.1. The summed E-state index contributed by atoms with van der Waals surface area (Å²) < 4.78 is 5.44. The summed E-state index contributed by atoms with van der Waals surface area (Å²) in [4.78, 5) is 15.2. The van der Waals surface area contributed by atoms with Gasteiger partial charge in [0, 0.05) is 13.1 Å². The van der Waals surface area contributed by atoms with Crippen LogP contribution in [0, 0.1) is 0 Å². The van der Waals surface area contributed by atoms with E-state index >= 15 is 0 Å². The van der Waals surface area contributed by atoms with Crippen LogP contribution in [0.1, 0.15) is 34.3 Å². The summed E-state index contributed by atoms with van der Waals surface area (Å²) in [5, 5.41) is 5.11. The van der Waals surface area contributed by atoms with Crippen molar-refractivity contribution in [3.63, 3.8) is 0 Å². The zero-order valence-electron chi connectivity index (χ0n) is 16.3. The van der Waals surface area contributed by atoms with Crippen LogP contribution in [0.25, 0.3) is 10.8 Å². The number of rotatable bonds is 6. The maximum absolute atomic E-state index is 12.7. The van der Waals surface area contributed by atoms with Gasteiger partial charge in [-0.3, -0.25) is 9.69 Å². The molecule has 3 aromatic rings. The number of likely N-dealkylation sites (tertiary alicyclic amines) is 1. The van der Waals surface area contributed by atoms with Gasteiger partial charge in [-0.15, -0.1) is 0 Å². The monoisotopic (exact) mass is 374 g/mol. The van der Waals surface area contributed by atoms with Gasteiger partial charge in [-0.05, 0) is 60.0 Å². The number of methoxy groups -OCH3 is 1. The fraction of sp³-hybridized carbons (Fsp3) is 0.292. The Morgan fingerprint density at radius 1 is 0.964 bits per heavy atom. The number of carbonyl (C=O) groups excluding carboxylic acids is 1. The summed E-state index contributed by atoms with van der Waals surface area (Å²) in [7, 11) is 1.60. The van der Waals surface area contributed by atoms with E-state index in [2.05, 4.69) is 34.5 Å². The number of ether oxygens (including phenoxy) is 1. The highest BCUT2D eigenvalue weighted by Crippen LogP contribution is 2.26. The van der Waals surface area contributed by atoms with E-state index in [-0.39, 0.29) is 5.91 Å². The lowest BCUT2D eigenvalue weighted by Gasteiger charge is -2.15. The summed E-state index contributed by atoms with van der Waals surface area (Å²) >= 11 is 0. The maximum Gasteiger partial charge on any atom is 0.255 e. The third-order valence-electron chi connectivity index (χ3n) is 5.39. The first kappa shape index (κ1) is 18.5. The van der Waals surface area contributed by atoms with Crippen molar-refractivity contribution < 1.29 is 9.53 Å². The SMILES string of the molecule is COc1cc2ccccc2cc1C(=O)NCc1ccc(CN2CCCC2)cc1. The molecule has 1 saturated heterocycles. The highest BCUT2D eigenvalue weighted by atomic mass is 16.5. The molecule has 1 aliphatic rings. The molecule has 1 amide bonds. The first-order chi connectivity index (χ1) is 13.7. The summed E-state index contributed by atoms with van der Waals surface area (Å²) in [6.45, 7) is 3.91. The van der Waals surface area contributed by atoms with E-state index < -0.39 is 0 Å². The van der Waals surface area contributed by atoms with Crippen molar-refractivity contribution in [2.75, 3.05) is 20.2 Å². The van der Waals surface area contributed by atoms with Gasteiger partial charge in [0.1, 0.15) is 5.75 Å². The average molecular weight is 374 g/mol. The van der Waals surface area contributed by atoms with Crippen LogP contribution in [0.4, 0.5) is 0 Å². The quantitative estimate of drug-likeness (QED) is 0.696. The first-order valence-corrected chi connectivity index (χ1v) is 9.88. The van der Waals surface area contributed by atoms with E-state index in [1.807, 2.05) is 36.4 Å². The molecular formula is C24H26N2O2. The summed E-state index contributed by atoms with van der Waals surface area (Å²) in [5.74, 6) is 0.473. The fourth-order valence-corrected chi connectivity index (χ4v) is 3.80. The third kappa shape index (κ3) is 4.18. The van der Waals surface area contributed by atoms with Crippen LogP contribution in [0.3, 0.4) is 0 Å². The predicted octanol–water partition coefficient (Wildman–Crippen LogP) is 4.37. The van der Waals surface area contributed by atoms with Crippen molar-refractivity contribution in [2.24, 2.45) is 0 Å². The van der Waals surface area contributed by atoms with Crippen molar-refractivity contribution in [3.05, 3.63) is 77.4 Å². The Labute approximate surface area is 166 Å². The lowest BCUT2D eigenvalue weighted by molar-refractivity contribution is 0.0948. The Morgan fingerprint density at radius 2 is 1.61 bits per heavy atom. The standard InChI is InChI=1S/C24H26N2O2/c1-28-23-15-21-7-3-2-6-20(21)14-22(23)24(27)25-16-18-8-10-19(11-9-18)17-26-12-4-5-13-26/h2-3,6-11,14-15H,4-5,12-13,16-17H2,1H3,(H,25,27).